The molecule has 0 spiro atoms. The third-order valence-electron chi connectivity index (χ3n) is 3.99. The van der Waals surface area contributed by atoms with Gasteiger partial charge in [-0.3, -0.25) is 4.79 Å². The summed E-state index contributed by atoms with van der Waals surface area (Å²) < 4.78 is 11.0. The van der Waals surface area contributed by atoms with E-state index in [1.54, 1.807) is 12.1 Å². The van der Waals surface area contributed by atoms with Gasteiger partial charge in [0.15, 0.2) is 0 Å². The van der Waals surface area contributed by atoms with Gasteiger partial charge in [-0.15, -0.1) is 23.5 Å². The highest BCUT2D eigenvalue weighted by Crippen LogP contribution is 2.43. The summed E-state index contributed by atoms with van der Waals surface area (Å²) in [6.45, 7) is 0. The number of amides is 1. The van der Waals surface area contributed by atoms with Crippen LogP contribution in [0.25, 0.3) is 0 Å². The van der Waals surface area contributed by atoms with Crippen LogP contribution in [0.15, 0.2) is 36.4 Å². The molecule has 3 rings (SSSR count). The first-order chi connectivity index (χ1) is 12.6. The highest BCUT2D eigenvalue weighted by atomic mass is 35.5. The fraction of sp³-hybridized carbons (Fsp3) is 0.316. The Labute approximate surface area is 167 Å². The lowest BCUT2D eigenvalue weighted by atomic mass is 10.1. The van der Waals surface area contributed by atoms with Crippen molar-refractivity contribution < 1.29 is 14.3 Å². The highest BCUT2D eigenvalue weighted by molar-refractivity contribution is 8.16. The van der Waals surface area contributed by atoms with Gasteiger partial charge in [0.05, 0.1) is 29.5 Å². The van der Waals surface area contributed by atoms with Crippen molar-refractivity contribution in [1.29, 1.82) is 0 Å². The Morgan fingerprint density at radius 2 is 1.73 bits per heavy atom. The van der Waals surface area contributed by atoms with E-state index >= 15 is 0 Å². The molecule has 4 nitrogen and oxygen atoms in total. The van der Waals surface area contributed by atoms with Crippen LogP contribution in [0.5, 0.6) is 11.5 Å². The van der Waals surface area contributed by atoms with E-state index in [0.717, 1.165) is 0 Å². The lowest BCUT2D eigenvalue weighted by molar-refractivity contribution is 0.102. The number of hydrogen-bond acceptors (Lipinski definition) is 5. The van der Waals surface area contributed by atoms with Crippen molar-refractivity contribution in [2.24, 2.45) is 0 Å². The Balaban J connectivity index is 1.74. The molecule has 7 heteroatoms. The second kappa shape index (κ2) is 8.93. The molecule has 2 aromatic carbocycles. The second-order valence-corrected chi connectivity index (χ2v) is 8.82. The van der Waals surface area contributed by atoms with Gasteiger partial charge in [-0.25, -0.2) is 0 Å². The van der Waals surface area contributed by atoms with Crippen LogP contribution in [-0.2, 0) is 0 Å². The van der Waals surface area contributed by atoms with E-state index in [4.69, 9.17) is 21.1 Å². The molecule has 1 amide bonds. The van der Waals surface area contributed by atoms with Crippen LogP contribution in [0.4, 0.5) is 5.69 Å². The fourth-order valence-electron chi connectivity index (χ4n) is 2.62. The highest BCUT2D eigenvalue weighted by Gasteiger charge is 2.18. The van der Waals surface area contributed by atoms with Gasteiger partial charge >= 0.3 is 0 Å². The Bertz CT molecular complexity index is 777. The van der Waals surface area contributed by atoms with Crippen LogP contribution in [0.3, 0.4) is 0 Å². The van der Waals surface area contributed by atoms with Crippen LogP contribution < -0.4 is 14.8 Å². The van der Waals surface area contributed by atoms with Gasteiger partial charge in [-0.2, -0.15) is 0 Å². The monoisotopic (exact) mass is 409 g/mol. The van der Waals surface area contributed by atoms with Crippen molar-refractivity contribution >= 4 is 46.7 Å². The molecule has 0 atom stereocenters. The molecule has 138 valence electrons. The average molecular weight is 410 g/mol. The zero-order valence-electron chi connectivity index (χ0n) is 14.6. The van der Waals surface area contributed by atoms with Crippen LogP contribution >= 0.6 is 35.1 Å². The van der Waals surface area contributed by atoms with Gasteiger partial charge in [0.2, 0.25) is 0 Å². The minimum atomic E-state index is -0.208. The van der Waals surface area contributed by atoms with Crippen molar-refractivity contribution in [3.63, 3.8) is 0 Å². The summed E-state index contributed by atoms with van der Waals surface area (Å²) in [4.78, 5) is 12.6. The maximum absolute atomic E-state index is 12.6. The number of thioether (sulfide) groups is 2. The summed E-state index contributed by atoms with van der Waals surface area (Å²) in [5, 5.41) is 3.26. The van der Waals surface area contributed by atoms with Crippen LogP contribution in [-0.4, -0.2) is 31.6 Å². The summed E-state index contributed by atoms with van der Waals surface area (Å²) >= 11 is 10.1. The quantitative estimate of drug-likeness (QED) is 0.708. The topological polar surface area (TPSA) is 47.6 Å². The number of methoxy groups -OCH3 is 2. The Morgan fingerprint density at radius 1 is 1.08 bits per heavy atom. The molecular formula is C19H20ClNO3S2. The molecule has 1 aliphatic rings. The number of rotatable bonds is 5. The predicted molar refractivity (Wildman–Crippen MR) is 111 cm³/mol. The molecule has 1 fully saturated rings. The maximum Gasteiger partial charge on any atom is 0.255 e. The van der Waals surface area contributed by atoms with Gasteiger partial charge in [0.1, 0.15) is 11.5 Å². The molecule has 26 heavy (non-hydrogen) atoms. The first-order valence-electron chi connectivity index (χ1n) is 8.18. The second-order valence-electron chi connectivity index (χ2n) is 5.69. The zero-order chi connectivity index (χ0) is 18.5. The summed E-state index contributed by atoms with van der Waals surface area (Å²) in [7, 11) is 3.07. The third-order valence-corrected chi connectivity index (χ3v) is 7.30. The molecule has 1 saturated heterocycles. The van der Waals surface area contributed by atoms with Gasteiger partial charge in [-0.1, -0.05) is 23.7 Å². The number of hydrogen-bond donors (Lipinski definition) is 1. The summed E-state index contributed by atoms with van der Waals surface area (Å²) in [5.74, 6) is 3.16. The number of benzene rings is 2. The lowest BCUT2D eigenvalue weighted by Crippen LogP contribution is -2.13. The van der Waals surface area contributed by atoms with E-state index in [-0.39, 0.29) is 5.91 Å². The SMILES string of the molecule is COc1cc(OC)c(NC(=O)c2ccc(C3SCCCS3)cc2)cc1Cl. The molecule has 1 N–H and O–H groups in total. The Kier molecular flexibility index (Phi) is 6.62. The lowest BCUT2D eigenvalue weighted by Gasteiger charge is -2.21. The molecule has 0 aliphatic carbocycles. The normalized spacial score (nSPS) is 14.7. The minimum absolute atomic E-state index is 0.208. The van der Waals surface area contributed by atoms with Gasteiger partial charge in [0.25, 0.3) is 5.91 Å². The maximum atomic E-state index is 12.6. The van der Waals surface area contributed by atoms with Crippen LogP contribution in [0, 0.1) is 0 Å². The number of ether oxygens (including phenoxy) is 2. The number of halogens is 1. The van der Waals surface area contributed by atoms with Crippen LogP contribution in [0.1, 0.15) is 26.9 Å². The molecule has 1 heterocycles. The van der Waals surface area contributed by atoms with Crippen LogP contribution in [0.2, 0.25) is 5.02 Å². The van der Waals surface area contributed by atoms with E-state index in [9.17, 15) is 4.79 Å². The minimum Gasteiger partial charge on any atom is -0.495 e. The smallest absolute Gasteiger partial charge is 0.255 e. The molecule has 0 radical (unpaired) electrons. The van der Waals surface area contributed by atoms with Crippen molar-refractivity contribution in [3.8, 4) is 11.5 Å². The Morgan fingerprint density at radius 3 is 2.35 bits per heavy atom. The van der Waals surface area contributed by atoms with Crippen molar-refractivity contribution in [3.05, 3.63) is 52.5 Å². The standard InChI is InChI=1S/C19H20ClNO3S2/c1-23-16-11-17(24-2)15(10-14(16)20)21-18(22)12-4-6-13(7-5-12)19-25-8-3-9-26-19/h4-7,10-11,19H,3,8-9H2,1-2H3,(H,21,22). The molecule has 1 aliphatic heterocycles. The van der Waals surface area contributed by atoms with Gasteiger partial charge in [0, 0.05) is 11.6 Å². The van der Waals surface area contributed by atoms with E-state index in [1.165, 1.54) is 37.7 Å². The Hall–Kier alpha value is -1.50. The fourth-order valence-corrected chi connectivity index (χ4v) is 5.76. The van der Waals surface area contributed by atoms with Gasteiger partial charge in [-0.05, 0) is 41.7 Å². The first kappa shape index (κ1) is 19.3. The van der Waals surface area contributed by atoms with Gasteiger partial charge < -0.3 is 14.8 Å². The molecule has 2 aromatic rings. The van der Waals surface area contributed by atoms with E-state index in [0.29, 0.717) is 32.4 Å². The summed E-state index contributed by atoms with van der Waals surface area (Å²) in [6.07, 6.45) is 1.26. The summed E-state index contributed by atoms with van der Waals surface area (Å²) in [6, 6.07) is 11.1. The third kappa shape index (κ3) is 4.42. The van der Waals surface area contributed by atoms with E-state index in [2.05, 4.69) is 5.32 Å². The molecule has 0 unspecified atom stereocenters. The molecule has 0 bridgehead atoms. The van der Waals surface area contributed by atoms with Crippen molar-refractivity contribution in [1.82, 2.24) is 0 Å². The van der Waals surface area contributed by atoms with Crippen molar-refractivity contribution in [2.45, 2.75) is 11.0 Å². The number of carbonyl (C=O) groups is 1. The number of nitrogens with one attached hydrogen (secondary N) is 1. The molecular weight excluding hydrogens is 390 g/mol. The number of carbonyl (C=O) groups excluding carboxylic acids is 1. The molecule has 0 aromatic heterocycles. The van der Waals surface area contributed by atoms with E-state index < -0.39 is 0 Å². The van der Waals surface area contributed by atoms with Crippen molar-refractivity contribution in [2.75, 3.05) is 31.0 Å². The zero-order valence-corrected chi connectivity index (χ0v) is 17.0. The largest absolute Gasteiger partial charge is 0.495 e. The average Bonchev–Trinajstić information content (AvgIpc) is 2.69. The summed E-state index contributed by atoms with van der Waals surface area (Å²) in [5.41, 5.74) is 2.35. The van der Waals surface area contributed by atoms with E-state index in [1.807, 2.05) is 47.8 Å². The molecule has 0 saturated carbocycles. The first-order valence-corrected chi connectivity index (χ1v) is 10.7. The predicted octanol–water partition coefficient (Wildman–Crippen LogP) is 5.48. The number of anilines is 1.